The number of amides is 4. The second-order valence-electron chi connectivity index (χ2n) is 8.55. The van der Waals surface area contributed by atoms with Crippen LogP contribution in [-0.2, 0) is 14.3 Å². The number of hydrogen-bond acceptors (Lipinski definition) is 5. The first kappa shape index (κ1) is 24.9. The molecule has 2 aromatic carbocycles. The summed E-state index contributed by atoms with van der Waals surface area (Å²) in [4.78, 5) is 51.2. The molecule has 0 saturated carbocycles. The molecule has 184 valence electrons. The Morgan fingerprint density at radius 1 is 0.972 bits per heavy atom. The number of benzene rings is 2. The molecule has 36 heavy (non-hydrogen) atoms. The van der Waals surface area contributed by atoms with Gasteiger partial charge in [-0.2, -0.15) is 0 Å². The van der Waals surface area contributed by atoms with Crippen LogP contribution in [0.15, 0.2) is 48.0 Å². The predicted molar refractivity (Wildman–Crippen MR) is 137 cm³/mol. The van der Waals surface area contributed by atoms with Gasteiger partial charge in [0.1, 0.15) is 5.57 Å². The standard InChI is InChI=1S/C27H24ClN3O5/c1-14-6-8-20(13-22(14)28)31-25(33)21(24(32)29-27(31)35)12-19-11-16(3)30(17(19)4)23-9-7-18(10-15(23)2)26(34)36-5/h6-13H,1-5H3,(H,29,32,35)/b21-12-. The van der Waals surface area contributed by atoms with Crippen LogP contribution in [0, 0.1) is 27.7 Å². The molecular formula is C27H24ClN3O5. The van der Waals surface area contributed by atoms with Crippen molar-refractivity contribution in [1.29, 1.82) is 0 Å². The topological polar surface area (TPSA) is 97.7 Å². The van der Waals surface area contributed by atoms with E-state index in [1.54, 1.807) is 31.2 Å². The molecule has 8 nitrogen and oxygen atoms in total. The van der Waals surface area contributed by atoms with Crippen molar-refractivity contribution < 1.29 is 23.9 Å². The number of hydrogen-bond donors (Lipinski definition) is 1. The van der Waals surface area contributed by atoms with E-state index >= 15 is 0 Å². The zero-order valence-electron chi connectivity index (χ0n) is 20.4. The number of ether oxygens (including phenoxy) is 1. The minimum atomic E-state index is -0.839. The molecule has 0 spiro atoms. The van der Waals surface area contributed by atoms with Gasteiger partial charge in [-0.3, -0.25) is 14.9 Å². The first-order valence-corrected chi connectivity index (χ1v) is 11.5. The first-order chi connectivity index (χ1) is 17.0. The fraction of sp³-hybridized carbons (Fsp3) is 0.185. The van der Waals surface area contributed by atoms with Crippen molar-refractivity contribution >= 4 is 47.2 Å². The quantitative estimate of drug-likeness (QED) is 0.311. The molecule has 1 aliphatic rings. The van der Waals surface area contributed by atoms with Gasteiger partial charge in [-0.25, -0.2) is 14.5 Å². The Kier molecular flexibility index (Phi) is 6.56. The minimum absolute atomic E-state index is 0.177. The van der Waals surface area contributed by atoms with Gasteiger partial charge >= 0.3 is 12.0 Å². The van der Waals surface area contributed by atoms with E-state index in [1.165, 1.54) is 19.3 Å². The predicted octanol–water partition coefficient (Wildman–Crippen LogP) is 4.82. The lowest BCUT2D eigenvalue weighted by Crippen LogP contribution is -2.54. The maximum Gasteiger partial charge on any atom is 0.337 e. The van der Waals surface area contributed by atoms with Crippen LogP contribution in [0.2, 0.25) is 5.02 Å². The number of carbonyl (C=O) groups excluding carboxylic acids is 4. The Labute approximate surface area is 213 Å². The highest BCUT2D eigenvalue weighted by Gasteiger charge is 2.37. The van der Waals surface area contributed by atoms with Crippen molar-refractivity contribution in [2.75, 3.05) is 12.0 Å². The van der Waals surface area contributed by atoms with Crippen molar-refractivity contribution in [3.05, 3.63) is 86.7 Å². The summed E-state index contributed by atoms with van der Waals surface area (Å²) >= 11 is 6.19. The molecule has 1 fully saturated rings. The van der Waals surface area contributed by atoms with Crippen LogP contribution in [0.5, 0.6) is 0 Å². The van der Waals surface area contributed by atoms with Crippen LogP contribution in [0.1, 0.15) is 38.4 Å². The molecule has 3 aromatic rings. The van der Waals surface area contributed by atoms with E-state index in [9.17, 15) is 19.2 Å². The average molecular weight is 506 g/mol. The van der Waals surface area contributed by atoms with Gasteiger partial charge in [0.15, 0.2) is 0 Å². The van der Waals surface area contributed by atoms with Gasteiger partial charge in [0, 0.05) is 22.1 Å². The SMILES string of the molecule is COC(=O)c1ccc(-n2c(C)cc(/C=C3/C(=O)NC(=O)N(c4ccc(C)c(Cl)c4)C3=O)c2C)c(C)c1. The van der Waals surface area contributed by atoms with Gasteiger partial charge in [-0.1, -0.05) is 17.7 Å². The Bertz CT molecular complexity index is 1480. The van der Waals surface area contributed by atoms with E-state index in [2.05, 4.69) is 5.32 Å². The second-order valence-corrected chi connectivity index (χ2v) is 8.95. The molecule has 9 heteroatoms. The van der Waals surface area contributed by atoms with Gasteiger partial charge in [0.05, 0.1) is 18.4 Å². The van der Waals surface area contributed by atoms with Crippen LogP contribution >= 0.6 is 11.6 Å². The summed E-state index contributed by atoms with van der Waals surface area (Å²) in [5.74, 6) is -1.94. The van der Waals surface area contributed by atoms with Crippen LogP contribution in [0.3, 0.4) is 0 Å². The molecule has 0 unspecified atom stereocenters. The van der Waals surface area contributed by atoms with Gasteiger partial charge in [0.2, 0.25) is 0 Å². The molecular weight excluding hydrogens is 482 g/mol. The number of aryl methyl sites for hydroxylation is 3. The molecule has 1 N–H and O–H groups in total. The Hall–Kier alpha value is -4.17. The number of methoxy groups -OCH3 is 1. The Morgan fingerprint density at radius 3 is 2.33 bits per heavy atom. The number of nitrogens with one attached hydrogen (secondary N) is 1. The first-order valence-electron chi connectivity index (χ1n) is 11.1. The van der Waals surface area contributed by atoms with Crippen LogP contribution < -0.4 is 10.2 Å². The van der Waals surface area contributed by atoms with Crippen molar-refractivity contribution in [2.45, 2.75) is 27.7 Å². The maximum absolute atomic E-state index is 13.3. The normalized spacial score (nSPS) is 14.9. The monoisotopic (exact) mass is 505 g/mol. The number of barbiturate groups is 1. The van der Waals surface area contributed by atoms with E-state index in [-0.39, 0.29) is 11.3 Å². The van der Waals surface area contributed by atoms with Crippen molar-refractivity contribution in [2.24, 2.45) is 0 Å². The van der Waals surface area contributed by atoms with Crippen molar-refractivity contribution in [3.8, 4) is 5.69 Å². The van der Waals surface area contributed by atoms with Crippen molar-refractivity contribution in [1.82, 2.24) is 9.88 Å². The molecule has 4 rings (SSSR count). The molecule has 4 amide bonds. The number of halogens is 1. The minimum Gasteiger partial charge on any atom is -0.465 e. The van der Waals surface area contributed by atoms with Gasteiger partial charge in [-0.05, 0) is 86.9 Å². The highest BCUT2D eigenvalue weighted by atomic mass is 35.5. The fourth-order valence-corrected chi connectivity index (χ4v) is 4.40. The molecule has 0 aliphatic carbocycles. The summed E-state index contributed by atoms with van der Waals surface area (Å²) in [5.41, 5.74) is 5.27. The molecule has 1 saturated heterocycles. The summed E-state index contributed by atoms with van der Waals surface area (Å²) in [6.45, 7) is 7.45. The van der Waals surface area contributed by atoms with Crippen LogP contribution in [-0.4, -0.2) is 35.5 Å². The van der Waals surface area contributed by atoms with Crippen LogP contribution in [0.25, 0.3) is 11.8 Å². The number of carbonyl (C=O) groups is 4. The molecule has 0 atom stereocenters. The molecule has 2 heterocycles. The third kappa shape index (κ3) is 4.31. The number of anilines is 1. The summed E-state index contributed by atoms with van der Waals surface area (Å²) in [5, 5.41) is 2.63. The molecule has 0 radical (unpaired) electrons. The fourth-order valence-electron chi connectivity index (χ4n) is 4.22. The second kappa shape index (κ2) is 9.47. The van der Waals surface area contributed by atoms with E-state index in [0.29, 0.717) is 16.1 Å². The molecule has 1 aliphatic heterocycles. The Morgan fingerprint density at radius 2 is 1.69 bits per heavy atom. The Balaban J connectivity index is 1.75. The number of nitrogens with zero attached hydrogens (tertiary/aromatic N) is 2. The van der Waals surface area contributed by atoms with E-state index in [1.807, 2.05) is 37.5 Å². The smallest absolute Gasteiger partial charge is 0.337 e. The maximum atomic E-state index is 13.3. The van der Waals surface area contributed by atoms with Gasteiger partial charge in [-0.15, -0.1) is 0 Å². The number of urea groups is 1. The van der Waals surface area contributed by atoms with Crippen LogP contribution in [0.4, 0.5) is 10.5 Å². The van der Waals surface area contributed by atoms with E-state index < -0.39 is 23.8 Å². The highest BCUT2D eigenvalue weighted by Crippen LogP contribution is 2.29. The zero-order valence-corrected chi connectivity index (χ0v) is 21.2. The van der Waals surface area contributed by atoms with Gasteiger partial charge < -0.3 is 9.30 Å². The number of imide groups is 2. The third-order valence-electron chi connectivity index (χ3n) is 6.14. The summed E-state index contributed by atoms with van der Waals surface area (Å²) < 4.78 is 6.76. The highest BCUT2D eigenvalue weighted by molar-refractivity contribution is 6.39. The third-order valence-corrected chi connectivity index (χ3v) is 6.55. The van der Waals surface area contributed by atoms with E-state index in [0.717, 1.165) is 33.1 Å². The molecule has 0 bridgehead atoms. The van der Waals surface area contributed by atoms with E-state index in [4.69, 9.17) is 16.3 Å². The average Bonchev–Trinajstić information content (AvgIpc) is 3.10. The lowest BCUT2D eigenvalue weighted by molar-refractivity contribution is -0.122. The summed E-state index contributed by atoms with van der Waals surface area (Å²) in [7, 11) is 1.33. The number of esters is 1. The largest absolute Gasteiger partial charge is 0.465 e. The zero-order chi connectivity index (χ0) is 26.3. The molecule has 1 aromatic heterocycles. The lowest BCUT2D eigenvalue weighted by atomic mass is 10.1. The van der Waals surface area contributed by atoms with Gasteiger partial charge in [0.25, 0.3) is 11.8 Å². The number of aromatic nitrogens is 1. The summed E-state index contributed by atoms with van der Waals surface area (Å²) in [6.07, 6.45) is 1.48. The van der Waals surface area contributed by atoms with Crippen molar-refractivity contribution in [3.63, 3.8) is 0 Å². The lowest BCUT2D eigenvalue weighted by Gasteiger charge is -2.26. The number of rotatable bonds is 4. The summed E-state index contributed by atoms with van der Waals surface area (Å²) in [6, 6.07) is 11.0.